The molecule has 2 aliphatic heterocycles. The molecule has 1 fully saturated rings. The number of fused-ring (bicyclic) bond motifs is 1. The van der Waals surface area contributed by atoms with Crippen molar-refractivity contribution in [1.29, 1.82) is 0 Å². The minimum Gasteiger partial charge on any atom is -0.543 e. The molecule has 1 saturated heterocycles. The molecule has 2 aliphatic rings. The van der Waals surface area contributed by atoms with E-state index >= 15 is 0 Å². The molecule has 29 heavy (non-hydrogen) atoms. The van der Waals surface area contributed by atoms with Crippen molar-refractivity contribution in [3.05, 3.63) is 33.7 Å². The number of hydrogen-bond donors (Lipinski definition) is 1. The molecule has 2 unspecified atom stereocenters. The van der Waals surface area contributed by atoms with Gasteiger partial charge in [-0.05, 0) is 17.7 Å². The van der Waals surface area contributed by atoms with Gasteiger partial charge in [-0.15, -0.1) is 34.9 Å². The van der Waals surface area contributed by atoms with Gasteiger partial charge in [0.15, 0.2) is 10.2 Å². The number of nitrogens with zero attached hydrogens (tertiary/aromatic N) is 1. The first-order chi connectivity index (χ1) is 13.3. The molecule has 1 aromatic rings. The number of thioether (sulfide) groups is 2. The third kappa shape index (κ3) is 4.70. The normalized spacial score (nSPS) is 22.9. The minimum absolute atomic E-state index is 0. The first-order valence-electron chi connectivity index (χ1n) is 8.21. The van der Waals surface area contributed by atoms with Crippen LogP contribution in [0.4, 0.5) is 0 Å². The van der Waals surface area contributed by atoms with Crippen LogP contribution in [0.25, 0.3) is 0 Å². The summed E-state index contributed by atoms with van der Waals surface area (Å²) in [7, 11) is 0. The van der Waals surface area contributed by atoms with Gasteiger partial charge in [0, 0.05) is 23.1 Å². The fraction of sp³-hybridized carbons (Fsp3) is 0.412. The molecule has 1 aromatic heterocycles. The van der Waals surface area contributed by atoms with Crippen molar-refractivity contribution in [3.8, 4) is 0 Å². The Labute approximate surface area is 202 Å². The van der Waals surface area contributed by atoms with Gasteiger partial charge in [0.1, 0.15) is 6.61 Å². The molecular weight excluding hydrogens is 447 g/mol. The van der Waals surface area contributed by atoms with Crippen LogP contribution >= 0.6 is 34.9 Å². The summed E-state index contributed by atoms with van der Waals surface area (Å²) in [5.41, 5.74) is 0.00435. The molecule has 2 atom stereocenters. The number of nitrogens with one attached hydrogen (secondary N) is 1. The van der Waals surface area contributed by atoms with Crippen LogP contribution in [0.15, 0.2) is 28.8 Å². The van der Waals surface area contributed by atoms with Crippen LogP contribution in [0.3, 0.4) is 0 Å². The van der Waals surface area contributed by atoms with Crippen LogP contribution in [0, 0.1) is 0 Å². The quantitative estimate of drug-likeness (QED) is 0.257. The van der Waals surface area contributed by atoms with E-state index < -0.39 is 28.1 Å². The van der Waals surface area contributed by atoms with Gasteiger partial charge in [-0.3, -0.25) is 19.3 Å². The Morgan fingerprint density at radius 1 is 1.45 bits per heavy atom. The van der Waals surface area contributed by atoms with E-state index in [9.17, 15) is 24.3 Å². The summed E-state index contributed by atoms with van der Waals surface area (Å²) in [6.45, 7) is 0.991. The Balaban J connectivity index is 0.00000300. The van der Waals surface area contributed by atoms with Crippen LogP contribution in [-0.2, 0) is 30.3 Å². The number of rotatable bonds is 7. The molecule has 3 rings (SSSR count). The summed E-state index contributed by atoms with van der Waals surface area (Å²) in [4.78, 5) is 49.9. The van der Waals surface area contributed by atoms with E-state index in [4.69, 9.17) is 4.74 Å². The van der Waals surface area contributed by atoms with Crippen molar-refractivity contribution in [2.75, 3.05) is 18.6 Å². The SMILES string of the molecule is CSC12SCC(COC(C)=O)=C(C(=O)[O-])N1C(=O)C2NC(=O)Cc1cccs1.[Na+]. The summed E-state index contributed by atoms with van der Waals surface area (Å²) in [6.07, 6.45) is 1.90. The number of carbonyl (C=O) groups excluding carboxylic acids is 4. The summed E-state index contributed by atoms with van der Waals surface area (Å²) >= 11 is 4.04. The number of ether oxygens (including phenoxy) is 1. The molecule has 12 heteroatoms. The first-order valence-corrected chi connectivity index (χ1v) is 11.3. The number of amides is 2. The number of carboxylic acid groups (broad SMARTS) is 1. The van der Waals surface area contributed by atoms with Gasteiger partial charge < -0.3 is 20.0 Å². The number of β-lactam (4-membered cyclic amide) rings is 1. The predicted octanol–water partition coefficient (Wildman–Crippen LogP) is -3.05. The van der Waals surface area contributed by atoms with Crippen molar-refractivity contribution >= 4 is 58.6 Å². The standard InChI is InChI=1S/C17H18N2O6S3.Na/c1-9(20)25-7-10-8-28-17(26-2)14(15(22)19(17)13(10)16(23)24)18-12(21)6-11-4-3-5-27-11;/h3-5,14H,6-8H2,1-2H3,(H,18,21)(H,23,24);/q;+1/p-1. The molecule has 8 nitrogen and oxygen atoms in total. The molecule has 150 valence electrons. The summed E-state index contributed by atoms with van der Waals surface area (Å²) < 4.78 is 3.93. The largest absolute Gasteiger partial charge is 1.00 e. The second-order valence-corrected chi connectivity index (χ2v) is 9.59. The van der Waals surface area contributed by atoms with Crippen LogP contribution < -0.4 is 40.0 Å². The number of thiophene rings is 1. The first kappa shape index (κ1) is 24.3. The smallest absolute Gasteiger partial charge is 0.543 e. The third-order valence-electron chi connectivity index (χ3n) is 4.31. The zero-order chi connectivity index (χ0) is 20.5. The Bertz CT molecular complexity index is 859. The van der Waals surface area contributed by atoms with Gasteiger partial charge in [0.2, 0.25) is 5.91 Å². The Kier molecular flexibility index (Phi) is 8.28. The summed E-state index contributed by atoms with van der Waals surface area (Å²) in [6, 6.07) is 2.81. The number of esters is 1. The topological polar surface area (TPSA) is 116 Å². The number of hydrogen-bond acceptors (Lipinski definition) is 9. The zero-order valence-corrected chi connectivity index (χ0v) is 20.5. The molecular formula is C17H17N2NaO6S3. The van der Waals surface area contributed by atoms with Crippen molar-refractivity contribution in [1.82, 2.24) is 10.2 Å². The molecule has 0 aliphatic carbocycles. The molecule has 0 spiro atoms. The summed E-state index contributed by atoms with van der Waals surface area (Å²) in [5, 5.41) is 16.3. The van der Waals surface area contributed by atoms with Gasteiger partial charge >= 0.3 is 35.5 Å². The van der Waals surface area contributed by atoms with Gasteiger partial charge in [-0.1, -0.05) is 6.07 Å². The van der Waals surface area contributed by atoms with E-state index in [0.29, 0.717) is 5.57 Å². The van der Waals surface area contributed by atoms with E-state index in [1.165, 1.54) is 41.8 Å². The Hall–Kier alpha value is -0.980. The van der Waals surface area contributed by atoms with E-state index in [0.717, 1.165) is 9.78 Å². The maximum atomic E-state index is 12.8. The molecule has 0 saturated carbocycles. The van der Waals surface area contributed by atoms with Crippen molar-refractivity contribution in [2.45, 2.75) is 23.6 Å². The van der Waals surface area contributed by atoms with Gasteiger partial charge in [0.25, 0.3) is 5.91 Å². The fourth-order valence-corrected chi connectivity index (χ4v) is 6.42. The van der Waals surface area contributed by atoms with Crippen LogP contribution in [0.1, 0.15) is 11.8 Å². The fourth-order valence-electron chi connectivity index (χ4n) is 3.07. The zero-order valence-electron chi connectivity index (χ0n) is 16.1. The molecule has 2 amide bonds. The van der Waals surface area contributed by atoms with E-state index in [1.807, 2.05) is 17.5 Å². The Morgan fingerprint density at radius 3 is 2.72 bits per heavy atom. The Morgan fingerprint density at radius 2 is 2.17 bits per heavy atom. The molecule has 1 N–H and O–H groups in total. The molecule has 0 bridgehead atoms. The molecule has 0 aromatic carbocycles. The predicted molar refractivity (Wildman–Crippen MR) is 104 cm³/mol. The number of carbonyl (C=O) groups is 4. The van der Waals surface area contributed by atoms with E-state index in [2.05, 4.69) is 5.32 Å². The summed E-state index contributed by atoms with van der Waals surface area (Å²) in [5.74, 6) is -2.67. The van der Waals surface area contributed by atoms with Crippen LogP contribution in [0.2, 0.25) is 0 Å². The average molecular weight is 465 g/mol. The number of aliphatic carboxylic acids is 1. The van der Waals surface area contributed by atoms with Crippen LogP contribution in [0.5, 0.6) is 0 Å². The third-order valence-corrected chi connectivity index (χ3v) is 8.37. The average Bonchev–Trinajstić information content (AvgIpc) is 3.15. The van der Waals surface area contributed by atoms with E-state index in [-0.39, 0.29) is 59.9 Å². The van der Waals surface area contributed by atoms with Crippen molar-refractivity contribution < 1.29 is 58.6 Å². The van der Waals surface area contributed by atoms with Gasteiger partial charge in [-0.2, -0.15) is 0 Å². The monoisotopic (exact) mass is 464 g/mol. The van der Waals surface area contributed by atoms with Crippen molar-refractivity contribution in [3.63, 3.8) is 0 Å². The van der Waals surface area contributed by atoms with E-state index in [1.54, 1.807) is 6.26 Å². The van der Waals surface area contributed by atoms with Crippen molar-refractivity contribution in [2.24, 2.45) is 0 Å². The minimum atomic E-state index is -1.52. The molecule has 3 heterocycles. The number of carboxylic acids is 1. The van der Waals surface area contributed by atoms with Gasteiger partial charge in [0.05, 0.1) is 18.1 Å². The second kappa shape index (κ2) is 9.88. The molecule has 0 radical (unpaired) electrons. The maximum absolute atomic E-state index is 12.8. The van der Waals surface area contributed by atoms with Gasteiger partial charge in [-0.25, -0.2) is 0 Å². The second-order valence-electron chi connectivity index (χ2n) is 6.07. The maximum Gasteiger partial charge on any atom is 1.00 e. The van der Waals surface area contributed by atoms with Crippen LogP contribution in [-0.4, -0.2) is 57.5 Å².